The minimum atomic E-state index is 0.179. The van der Waals surface area contributed by atoms with Gasteiger partial charge in [0.1, 0.15) is 0 Å². The van der Waals surface area contributed by atoms with E-state index in [1.807, 2.05) is 48.5 Å². The summed E-state index contributed by atoms with van der Waals surface area (Å²) in [5, 5.41) is 1.97. The number of benzene rings is 3. The standard InChI is InChI=1S/C44H59NO3/c1-4-7-10-13-14-17-20-23-44(48)36-27-31-41-39(33-36)38-32-35(43(47)22-19-16-12-9-6-3)26-30-40(38)45(41)37-28-24-34(25-29-37)42(46)21-18-15-11-8-5-2/h24-33H,4-23H2,1-3H3. The predicted molar refractivity (Wildman–Crippen MR) is 203 cm³/mol. The summed E-state index contributed by atoms with van der Waals surface area (Å²) in [6.07, 6.45) is 21.2. The van der Waals surface area contributed by atoms with Crippen molar-refractivity contribution in [2.75, 3.05) is 0 Å². The molecule has 4 heteroatoms. The molecular formula is C44H59NO3. The van der Waals surface area contributed by atoms with Crippen LogP contribution < -0.4 is 0 Å². The summed E-state index contributed by atoms with van der Waals surface area (Å²) >= 11 is 0. The largest absolute Gasteiger partial charge is 0.309 e. The first kappa shape index (κ1) is 37.3. The summed E-state index contributed by atoms with van der Waals surface area (Å²) in [5.41, 5.74) is 5.18. The Balaban J connectivity index is 1.59. The lowest BCUT2D eigenvalue weighted by molar-refractivity contribution is 0.0971. The van der Waals surface area contributed by atoms with E-state index in [1.54, 1.807) is 0 Å². The maximum absolute atomic E-state index is 13.3. The third kappa shape index (κ3) is 10.5. The number of fused-ring (bicyclic) bond motifs is 3. The molecule has 0 atom stereocenters. The van der Waals surface area contributed by atoms with Crippen molar-refractivity contribution < 1.29 is 14.4 Å². The molecule has 0 aliphatic heterocycles. The lowest BCUT2D eigenvalue weighted by Gasteiger charge is -2.10. The van der Waals surface area contributed by atoms with Crippen molar-refractivity contribution >= 4 is 39.2 Å². The van der Waals surface area contributed by atoms with Gasteiger partial charge in [-0.3, -0.25) is 14.4 Å². The number of carbonyl (C=O) groups is 3. The number of carbonyl (C=O) groups excluding carboxylic acids is 3. The van der Waals surface area contributed by atoms with E-state index in [-0.39, 0.29) is 17.3 Å². The van der Waals surface area contributed by atoms with Crippen LogP contribution in [0.2, 0.25) is 0 Å². The van der Waals surface area contributed by atoms with Gasteiger partial charge in [0.05, 0.1) is 11.0 Å². The molecule has 4 rings (SSSR count). The molecule has 0 spiro atoms. The quantitative estimate of drug-likeness (QED) is 0.0560. The number of hydrogen-bond acceptors (Lipinski definition) is 3. The molecule has 4 nitrogen and oxygen atoms in total. The second kappa shape index (κ2) is 20.1. The fourth-order valence-electron chi connectivity index (χ4n) is 6.90. The molecule has 0 aliphatic rings. The highest BCUT2D eigenvalue weighted by Gasteiger charge is 2.18. The van der Waals surface area contributed by atoms with Gasteiger partial charge in [-0.05, 0) is 79.9 Å². The van der Waals surface area contributed by atoms with E-state index in [0.717, 1.165) is 82.7 Å². The van der Waals surface area contributed by atoms with Crippen molar-refractivity contribution in [2.24, 2.45) is 0 Å². The van der Waals surface area contributed by atoms with Crippen LogP contribution in [0.3, 0.4) is 0 Å². The molecule has 0 aliphatic carbocycles. The highest BCUT2D eigenvalue weighted by Crippen LogP contribution is 2.34. The molecule has 0 N–H and O–H groups in total. The van der Waals surface area contributed by atoms with Crippen LogP contribution in [0.1, 0.15) is 180 Å². The lowest BCUT2D eigenvalue weighted by Crippen LogP contribution is -2.01. The molecule has 0 bridgehead atoms. The number of rotatable bonds is 24. The van der Waals surface area contributed by atoms with Crippen molar-refractivity contribution in [3.63, 3.8) is 0 Å². The molecule has 48 heavy (non-hydrogen) atoms. The third-order valence-electron chi connectivity index (χ3n) is 9.88. The number of unbranched alkanes of at least 4 members (excludes halogenated alkanes) is 14. The Morgan fingerprint density at radius 1 is 0.417 bits per heavy atom. The van der Waals surface area contributed by atoms with E-state index < -0.39 is 0 Å². The Labute approximate surface area is 289 Å². The van der Waals surface area contributed by atoms with Gasteiger partial charge in [0.2, 0.25) is 0 Å². The maximum atomic E-state index is 13.3. The Morgan fingerprint density at radius 2 is 0.750 bits per heavy atom. The molecule has 1 aromatic heterocycles. The summed E-state index contributed by atoms with van der Waals surface area (Å²) in [6, 6.07) is 20.0. The zero-order chi connectivity index (χ0) is 34.1. The number of ketones is 3. The molecule has 1 heterocycles. The molecule has 4 aromatic rings. The van der Waals surface area contributed by atoms with Gasteiger partial charge in [-0.2, -0.15) is 0 Å². The topological polar surface area (TPSA) is 56.1 Å². The van der Waals surface area contributed by atoms with E-state index in [1.165, 1.54) is 70.6 Å². The minimum absolute atomic E-state index is 0.179. The van der Waals surface area contributed by atoms with E-state index in [4.69, 9.17) is 0 Å². The van der Waals surface area contributed by atoms with Gasteiger partial charge in [0.15, 0.2) is 17.3 Å². The molecule has 3 aromatic carbocycles. The first-order valence-electron chi connectivity index (χ1n) is 19.3. The van der Waals surface area contributed by atoms with Crippen molar-refractivity contribution in [3.05, 3.63) is 77.4 Å². The Morgan fingerprint density at radius 3 is 1.15 bits per heavy atom. The van der Waals surface area contributed by atoms with Gasteiger partial charge in [-0.1, -0.05) is 111 Å². The van der Waals surface area contributed by atoms with E-state index in [0.29, 0.717) is 19.3 Å². The van der Waals surface area contributed by atoms with Crippen molar-refractivity contribution in [1.29, 1.82) is 0 Å². The van der Waals surface area contributed by atoms with Crippen LogP contribution in [0.15, 0.2) is 60.7 Å². The number of Topliss-reactive ketones (excluding diaryl/α,β-unsaturated/α-hetero) is 3. The SMILES string of the molecule is CCCCCCCCCC(=O)c1ccc2c(c1)c1cc(C(=O)CCCCCCC)ccc1n2-c1ccc(C(=O)CCCCCCC)cc1. The van der Waals surface area contributed by atoms with Gasteiger partial charge in [-0.15, -0.1) is 0 Å². The molecule has 258 valence electrons. The third-order valence-corrected chi connectivity index (χ3v) is 9.88. The van der Waals surface area contributed by atoms with Gasteiger partial charge < -0.3 is 4.57 Å². The Kier molecular flexibility index (Phi) is 15.6. The summed E-state index contributed by atoms with van der Waals surface area (Å²) in [6.45, 7) is 6.64. The van der Waals surface area contributed by atoms with Gasteiger partial charge in [0, 0.05) is 52.4 Å². The fraction of sp³-hybridized carbons (Fsp3) is 0.523. The molecule has 0 fully saturated rings. The van der Waals surface area contributed by atoms with Crippen LogP contribution in [0.5, 0.6) is 0 Å². The zero-order valence-electron chi connectivity index (χ0n) is 30.1. The smallest absolute Gasteiger partial charge is 0.162 e. The average Bonchev–Trinajstić information content (AvgIpc) is 3.43. The van der Waals surface area contributed by atoms with Crippen molar-refractivity contribution in [3.8, 4) is 5.69 Å². The Bertz CT molecular complexity index is 1610. The minimum Gasteiger partial charge on any atom is -0.309 e. The first-order chi connectivity index (χ1) is 23.5. The van der Waals surface area contributed by atoms with Crippen LogP contribution >= 0.6 is 0 Å². The van der Waals surface area contributed by atoms with Crippen LogP contribution in [0.25, 0.3) is 27.5 Å². The second-order valence-electron chi connectivity index (χ2n) is 13.8. The Hall–Kier alpha value is -3.53. The van der Waals surface area contributed by atoms with Crippen LogP contribution in [-0.4, -0.2) is 21.9 Å². The van der Waals surface area contributed by atoms with Crippen molar-refractivity contribution in [2.45, 2.75) is 149 Å². The molecule has 0 radical (unpaired) electrons. The van der Waals surface area contributed by atoms with Crippen LogP contribution in [-0.2, 0) is 0 Å². The fourth-order valence-corrected chi connectivity index (χ4v) is 6.90. The molecule has 0 unspecified atom stereocenters. The lowest BCUT2D eigenvalue weighted by atomic mass is 9.99. The van der Waals surface area contributed by atoms with Crippen LogP contribution in [0.4, 0.5) is 0 Å². The maximum Gasteiger partial charge on any atom is 0.162 e. The summed E-state index contributed by atoms with van der Waals surface area (Å²) in [7, 11) is 0. The van der Waals surface area contributed by atoms with Crippen molar-refractivity contribution in [1.82, 2.24) is 4.57 Å². The monoisotopic (exact) mass is 649 g/mol. The van der Waals surface area contributed by atoms with E-state index in [2.05, 4.69) is 37.5 Å². The second-order valence-corrected chi connectivity index (χ2v) is 13.8. The van der Waals surface area contributed by atoms with E-state index in [9.17, 15) is 14.4 Å². The number of aromatic nitrogens is 1. The summed E-state index contributed by atoms with van der Waals surface area (Å²) in [5.74, 6) is 0.559. The zero-order valence-corrected chi connectivity index (χ0v) is 30.1. The highest BCUT2D eigenvalue weighted by molar-refractivity contribution is 6.14. The van der Waals surface area contributed by atoms with Gasteiger partial charge in [-0.25, -0.2) is 0 Å². The molecule has 0 saturated heterocycles. The predicted octanol–water partition coefficient (Wildman–Crippen LogP) is 13.2. The summed E-state index contributed by atoms with van der Waals surface area (Å²) in [4.78, 5) is 39.5. The number of nitrogens with zero attached hydrogens (tertiary/aromatic N) is 1. The highest BCUT2D eigenvalue weighted by atomic mass is 16.1. The average molecular weight is 650 g/mol. The van der Waals surface area contributed by atoms with Gasteiger partial charge in [0.25, 0.3) is 0 Å². The normalized spacial score (nSPS) is 11.5. The van der Waals surface area contributed by atoms with E-state index >= 15 is 0 Å². The summed E-state index contributed by atoms with van der Waals surface area (Å²) < 4.78 is 2.20. The first-order valence-corrected chi connectivity index (χ1v) is 19.3. The van der Waals surface area contributed by atoms with Crippen LogP contribution in [0, 0.1) is 0 Å². The molecule has 0 saturated carbocycles. The number of hydrogen-bond donors (Lipinski definition) is 0. The van der Waals surface area contributed by atoms with Gasteiger partial charge >= 0.3 is 0 Å². The molecular weight excluding hydrogens is 590 g/mol. The molecule has 0 amide bonds.